The Hall–Kier alpha value is -1.71. The fourth-order valence-electron chi connectivity index (χ4n) is 1.43. The molecular weight excluding hydrogens is 202 g/mol. The van der Waals surface area contributed by atoms with Gasteiger partial charge < -0.3 is 15.1 Å². The van der Waals surface area contributed by atoms with Crippen molar-refractivity contribution in [2.75, 3.05) is 33.1 Å². The third-order valence-electron chi connectivity index (χ3n) is 2.31. The molecule has 0 bridgehead atoms. The van der Waals surface area contributed by atoms with E-state index in [0.717, 1.165) is 11.3 Å². The molecule has 4 heteroatoms. The second-order valence-electron chi connectivity index (χ2n) is 4.08. The lowest BCUT2D eigenvalue weighted by molar-refractivity contribution is 0.217. The zero-order chi connectivity index (χ0) is 12.1. The summed E-state index contributed by atoms with van der Waals surface area (Å²) in [6.07, 6.45) is 0. The van der Waals surface area contributed by atoms with Gasteiger partial charge in [0, 0.05) is 40.4 Å². The van der Waals surface area contributed by atoms with Crippen LogP contribution in [-0.4, -0.2) is 39.1 Å². The summed E-state index contributed by atoms with van der Waals surface area (Å²) in [6, 6.07) is 7.95. The summed E-state index contributed by atoms with van der Waals surface area (Å²) < 4.78 is 0. The molecule has 0 spiro atoms. The van der Waals surface area contributed by atoms with Crippen LogP contribution in [0.5, 0.6) is 0 Å². The van der Waals surface area contributed by atoms with Gasteiger partial charge in [0.15, 0.2) is 0 Å². The molecule has 1 aromatic carbocycles. The van der Waals surface area contributed by atoms with Gasteiger partial charge in [-0.3, -0.25) is 0 Å². The number of hydrogen-bond donors (Lipinski definition) is 1. The number of para-hydroxylation sites is 1. The summed E-state index contributed by atoms with van der Waals surface area (Å²) in [5.41, 5.74) is 2.24. The van der Waals surface area contributed by atoms with Crippen LogP contribution >= 0.6 is 0 Å². The Kier molecular flexibility index (Phi) is 4.17. The average molecular weight is 221 g/mol. The molecule has 0 saturated heterocycles. The first kappa shape index (κ1) is 12.4. The van der Waals surface area contributed by atoms with Gasteiger partial charge in [0.05, 0.1) is 0 Å². The molecule has 0 atom stereocenters. The molecule has 1 aromatic rings. The predicted octanol–water partition coefficient (Wildman–Crippen LogP) is 1.52. The van der Waals surface area contributed by atoms with Gasteiger partial charge in [-0.1, -0.05) is 18.2 Å². The van der Waals surface area contributed by atoms with Crippen molar-refractivity contribution in [1.29, 1.82) is 0 Å². The fourth-order valence-corrected chi connectivity index (χ4v) is 1.43. The van der Waals surface area contributed by atoms with Crippen molar-refractivity contribution in [3.05, 3.63) is 29.8 Å². The van der Waals surface area contributed by atoms with Crippen LogP contribution in [0, 0.1) is 0 Å². The Morgan fingerprint density at radius 2 is 1.81 bits per heavy atom. The highest BCUT2D eigenvalue weighted by Crippen LogP contribution is 2.17. The summed E-state index contributed by atoms with van der Waals surface area (Å²) in [7, 11) is 7.44. The van der Waals surface area contributed by atoms with Crippen molar-refractivity contribution in [2.45, 2.75) is 6.54 Å². The maximum absolute atomic E-state index is 11.4. The van der Waals surface area contributed by atoms with Gasteiger partial charge in [0.1, 0.15) is 0 Å². The molecule has 0 aliphatic rings. The number of rotatable bonds is 3. The van der Waals surface area contributed by atoms with Crippen LogP contribution in [0.15, 0.2) is 24.3 Å². The van der Waals surface area contributed by atoms with Crippen LogP contribution in [0.2, 0.25) is 0 Å². The standard InChI is InChI=1S/C12H19N3O/c1-14(2)11-8-6-5-7-10(11)9-13-12(16)15(3)4/h5-8H,9H2,1-4H3,(H,13,16). The van der Waals surface area contributed by atoms with Gasteiger partial charge in [0.2, 0.25) is 0 Å². The van der Waals surface area contributed by atoms with E-state index in [1.165, 1.54) is 4.90 Å². The molecule has 0 saturated carbocycles. The number of amides is 2. The quantitative estimate of drug-likeness (QED) is 0.840. The van der Waals surface area contributed by atoms with Crippen molar-refractivity contribution in [2.24, 2.45) is 0 Å². The van der Waals surface area contributed by atoms with Crippen LogP contribution in [0.3, 0.4) is 0 Å². The summed E-state index contributed by atoms with van der Waals surface area (Å²) in [6.45, 7) is 0.547. The maximum atomic E-state index is 11.4. The van der Waals surface area contributed by atoms with Crippen molar-refractivity contribution < 1.29 is 4.79 Å². The Morgan fingerprint density at radius 3 is 2.38 bits per heavy atom. The van der Waals surface area contributed by atoms with Crippen LogP contribution in [0.4, 0.5) is 10.5 Å². The number of hydrogen-bond acceptors (Lipinski definition) is 2. The van der Waals surface area contributed by atoms with E-state index in [-0.39, 0.29) is 6.03 Å². The van der Waals surface area contributed by atoms with E-state index in [0.29, 0.717) is 6.54 Å². The molecule has 1 N–H and O–H groups in total. The molecule has 0 aromatic heterocycles. The second kappa shape index (κ2) is 5.39. The van der Waals surface area contributed by atoms with Crippen molar-refractivity contribution in [3.8, 4) is 0 Å². The molecule has 0 aliphatic carbocycles. The average Bonchev–Trinajstić information content (AvgIpc) is 2.25. The molecule has 0 fully saturated rings. The van der Waals surface area contributed by atoms with Crippen LogP contribution in [0.25, 0.3) is 0 Å². The topological polar surface area (TPSA) is 35.6 Å². The van der Waals surface area contributed by atoms with E-state index in [4.69, 9.17) is 0 Å². The number of carbonyl (C=O) groups excluding carboxylic acids is 1. The minimum absolute atomic E-state index is 0.0754. The summed E-state index contributed by atoms with van der Waals surface area (Å²) >= 11 is 0. The lowest BCUT2D eigenvalue weighted by Gasteiger charge is -2.18. The molecule has 0 unspecified atom stereocenters. The molecule has 16 heavy (non-hydrogen) atoms. The van der Waals surface area contributed by atoms with Gasteiger partial charge in [-0.25, -0.2) is 4.79 Å². The Bertz CT molecular complexity index is 361. The van der Waals surface area contributed by atoms with E-state index in [1.54, 1.807) is 14.1 Å². The first-order valence-electron chi connectivity index (χ1n) is 5.22. The molecule has 2 amide bonds. The van der Waals surface area contributed by atoms with Gasteiger partial charge in [0.25, 0.3) is 0 Å². The van der Waals surface area contributed by atoms with Crippen LogP contribution in [-0.2, 0) is 6.54 Å². The van der Waals surface area contributed by atoms with Crippen molar-refractivity contribution >= 4 is 11.7 Å². The highest BCUT2D eigenvalue weighted by atomic mass is 16.2. The van der Waals surface area contributed by atoms with Crippen LogP contribution in [0.1, 0.15) is 5.56 Å². The number of benzene rings is 1. The maximum Gasteiger partial charge on any atom is 0.317 e. The van der Waals surface area contributed by atoms with E-state index in [2.05, 4.69) is 5.32 Å². The zero-order valence-corrected chi connectivity index (χ0v) is 10.3. The van der Waals surface area contributed by atoms with Crippen molar-refractivity contribution in [1.82, 2.24) is 10.2 Å². The van der Waals surface area contributed by atoms with Gasteiger partial charge in [-0.05, 0) is 11.6 Å². The predicted molar refractivity (Wildman–Crippen MR) is 66.7 cm³/mol. The second-order valence-corrected chi connectivity index (χ2v) is 4.08. The number of nitrogens with one attached hydrogen (secondary N) is 1. The van der Waals surface area contributed by atoms with Gasteiger partial charge >= 0.3 is 6.03 Å². The number of urea groups is 1. The van der Waals surface area contributed by atoms with E-state index in [1.807, 2.05) is 43.3 Å². The van der Waals surface area contributed by atoms with Crippen molar-refractivity contribution in [3.63, 3.8) is 0 Å². The number of carbonyl (C=O) groups is 1. The van der Waals surface area contributed by atoms with Crippen LogP contribution < -0.4 is 10.2 Å². The number of anilines is 1. The minimum Gasteiger partial charge on any atom is -0.377 e. The van der Waals surface area contributed by atoms with E-state index < -0.39 is 0 Å². The SMILES string of the molecule is CN(C)C(=O)NCc1ccccc1N(C)C. The molecule has 0 aliphatic heterocycles. The smallest absolute Gasteiger partial charge is 0.317 e. The molecule has 88 valence electrons. The summed E-state index contributed by atoms with van der Waals surface area (Å²) in [5, 5.41) is 2.85. The third-order valence-corrected chi connectivity index (χ3v) is 2.31. The first-order chi connectivity index (χ1) is 7.52. The largest absolute Gasteiger partial charge is 0.377 e. The van der Waals surface area contributed by atoms with E-state index >= 15 is 0 Å². The van der Waals surface area contributed by atoms with Gasteiger partial charge in [-0.2, -0.15) is 0 Å². The highest BCUT2D eigenvalue weighted by Gasteiger charge is 2.06. The first-order valence-corrected chi connectivity index (χ1v) is 5.22. The monoisotopic (exact) mass is 221 g/mol. The fraction of sp³-hybridized carbons (Fsp3) is 0.417. The molecule has 1 rings (SSSR count). The van der Waals surface area contributed by atoms with Gasteiger partial charge in [-0.15, -0.1) is 0 Å². The number of nitrogens with zero attached hydrogens (tertiary/aromatic N) is 2. The third kappa shape index (κ3) is 3.15. The lowest BCUT2D eigenvalue weighted by atomic mass is 10.1. The Labute approximate surface area is 96.9 Å². The molecule has 4 nitrogen and oxygen atoms in total. The summed E-state index contributed by atoms with van der Waals surface area (Å²) in [5.74, 6) is 0. The molecule has 0 heterocycles. The normalized spacial score (nSPS) is 9.75. The molecule has 0 radical (unpaired) electrons. The Balaban J connectivity index is 2.70. The summed E-state index contributed by atoms with van der Waals surface area (Å²) in [4.78, 5) is 15.0. The lowest BCUT2D eigenvalue weighted by Crippen LogP contribution is -2.34. The zero-order valence-electron chi connectivity index (χ0n) is 10.3. The molecular formula is C12H19N3O. The highest BCUT2D eigenvalue weighted by molar-refractivity contribution is 5.73. The minimum atomic E-state index is -0.0754. The Morgan fingerprint density at radius 1 is 1.19 bits per heavy atom. The van der Waals surface area contributed by atoms with E-state index in [9.17, 15) is 4.79 Å².